The number of rotatable bonds is 4. The van der Waals surface area contributed by atoms with Gasteiger partial charge in [0.25, 0.3) is 0 Å². The molecule has 1 N–H and O–H groups in total. The minimum atomic E-state index is 0.763. The third-order valence-corrected chi connectivity index (χ3v) is 3.00. The molecule has 0 aliphatic carbocycles. The van der Waals surface area contributed by atoms with Gasteiger partial charge in [0, 0.05) is 6.54 Å². The van der Waals surface area contributed by atoms with Crippen LogP contribution < -0.4 is 5.32 Å². The Labute approximate surface area is 102 Å². The normalized spacial score (nSPS) is 10.8. The summed E-state index contributed by atoms with van der Waals surface area (Å²) in [5, 5.41) is 11.5. The highest BCUT2D eigenvalue weighted by Crippen LogP contribution is 2.11. The standard InChI is InChI=1S/C13H18N4/c1-10-6-4-5-7-12(10)9-17-11(2)13(8-14-3)15-16-17/h4-7,14H,8-9H2,1-3H3. The Kier molecular flexibility index (Phi) is 3.54. The Bertz CT molecular complexity index is 502. The maximum atomic E-state index is 4.20. The Morgan fingerprint density at radius 1 is 1.24 bits per heavy atom. The van der Waals surface area contributed by atoms with Crippen molar-refractivity contribution in [3.05, 3.63) is 46.8 Å². The van der Waals surface area contributed by atoms with Gasteiger partial charge in [-0.2, -0.15) is 0 Å². The van der Waals surface area contributed by atoms with Crippen molar-refractivity contribution in [1.29, 1.82) is 0 Å². The van der Waals surface area contributed by atoms with E-state index >= 15 is 0 Å². The number of aryl methyl sites for hydroxylation is 1. The molecule has 0 fully saturated rings. The van der Waals surface area contributed by atoms with E-state index in [1.807, 2.05) is 11.7 Å². The van der Waals surface area contributed by atoms with E-state index in [0.717, 1.165) is 24.5 Å². The number of aromatic nitrogens is 3. The number of nitrogens with zero attached hydrogens (tertiary/aromatic N) is 3. The van der Waals surface area contributed by atoms with Crippen LogP contribution >= 0.6 is 0 Å². The Morgan fingerprint density at radius 2 is 2.00 bits per heavy atom. The van der Waals surface area contributed by atoms with Crippen molar-refractivity contribution < 1.29 is 0 Å². The molecule has 0 spiro atoms. The van der Waals surface area contributed by atoms with Crippen molar-refractivity contribution in [3.8, 4) is 0 Å². The summed E-state index contributed by atoms with van der Waals surface area (Å²) in [7, 11) is 1.92. The first-order valence-corrected chi connectivity index (χ1v) is 5.80. The van der Waals surface area contributed by atoms with Gasteiger partial charge in [0.2, 0.25) is 0 Å². The molecule has 1 aromatic carbocycles. The zero-order valence-electron chi connectivity index (χ0n) is 10.6. The highest BCUT2D eigenvalue weighted by molar-refractivity contribution is 5.26. The summed E-state index contributed by atoms with van der Waals surface area (Å²) >= 11 is 0. The molecule has 2 rings (SSSR count). The van der Waals surface area contributed by atoms with Gasteiger partial charge in [0.1, 0.15) is 0 Å². The van der Waals surface area contributed by atoms with E-state index < -0.39 is 0 Å². The molecule has 0 amide bonds. The molecule has 2 aromatic rings. The molecule has 0 atom stereocenters. The summed E-state index contributed by atoms with van der Waals surface area (Å²) in [5.74, 6) is 0. The summed E-state index contributed by atoms with van der Waals surface area (Å²) in [6.07, 6.45) is 0. The molecule has 0 saturated carbocycles. The zero-order chi connectivity index (χ0) is 12.3. The fourth-order valence-electron chi connectivity index (χ4n) is 1.83. The maximum absolute atomic E-state index is 4.20. The lowest BCUT2D eigenvalue weighted by molar-refractivity contribution is 0.631. The van der Waals surface area contributed by atoms with E-state index in [1.165, 1.54) is 11.1 Å². The second kappa shape index (κ2) is 5.10. The quantitative estimate of drug-likeness (QED) is 0.868. The summed E-state index contributed by atoms with van der Waals surface area (Å²) in [4.78, 5) is 0. The molecular weight excluding hydrogens is 212 g/mol. The van der Waals surface area contributed by atoms with Crippen LogP contribution in [0.1, 0.15) is 22.5 Å². The molecule has 0 bridgehead atoms. The first-order chi connectivity index (χ1) is 8.22. The summed E-state index contributed by atoms with van der Waals surface area (Å²) in [6, 6.07) is 8.37. The van der Waals surface area contributed by atoms with Crippen LogP contribution in [-0.2, 0) is 13.1 Å². The maximum Gasteiger partial charge on any atom is 0.0993 e. The zero-order valence-corrected chi connectivity index (χ0v) is 10.6. The molecule has 0 unspecified atom stereocenters. The van der Waals surface area contributed by atoms with Crippen molar-refractivity contribution in [2.75, 3.05) is 7.05 Å². The average Bonchev–Trinajstić information content (AvgIpc) is 2.65. The minimum Gasteiger partial charge on any atom is -0.314 e. The van der Waals surface area contributed by atoms with Crippen LogP contribution in [0.15, 0.2) is 24.3 Å². The van der Waals surface area contributed by atoms with Gasteiger partial charge in [-0.15, -0.1) is 5.10 Å². The molecule has 0 aliphatic heterocycles. The molecule has 4 heteroatoms. The predicted octanol–water partition coefficient (Wildman–Crippen LogP) is 1.66. The molecule has 1 aromatic heterocycles. The van der Waals surface area contributed by atoms with Crippen molar-refractivity contribution in [1.82, 2.24) is 20.3 Å². The van der Waals surface area contributed by atoms with Crippen LogP contribution in [0.3, 0.4) is 0 Å². The SMILES string of the molecule is CNCc1nnn(Cc2ccccc2C)c1C. The fourth-order valence-corrected chi connectivity index (χ4v) is 1.83. The third kappa shape index (κ3) is 2.53. The van der Waals surface area contributed by atoms with E-state index in [0.29, 0.717) is 0 Å². The number of nitrogens with one attached hydrogen (secondary N) is 1. The van der Waals surface area contributed by atoms with Gasteiger partial charge in [-0.1, -0.05) is 29.5 Å². The van der Waals surface area contributed by atoms with Gasteiger partial charge in [0.15, 0.2) is 0 Å². The first-order valence-electron chi connectivity index (χ1n) is 5.80. The van der Waals surface area contributed by atoms with Crippen LogP contribution in [0.4, 0.5) is 0 Å². The summed E-state index contributed by atoms with van der Waals surface area (Å²) in [5.41, 5.74) is 4.72. The highest BCUT2D eigenvalue weighted by atomic mass is 15.4. The molecular formula is C13H18N4. The fraction of sp³-hybridized carbons (Fsp3) is 0.385. The molecule has 0 aliphatic rings. The topological polar surface area (TPSA) is 42.7 Å². The van der Waals surface area contributed by atoms with E-state index in [4.69, 9.17) is 0 Å². The molecule has 17 heavy (non-hydrogen) atoms. The van der Waals surface area contributed by atoms with Gasteiger partial charge in [-0.25, -0.2) is 4.68 Å². The smallest absolute Gasteiger partial charge is 0.0993 e. The van der Waals surface area contributed by atoms with E-state index in [9.17, 15) is 0 Å². The molecule has 90 valence electrons. The minimum absolute atomic E-state index is 0.763. The number of hydrogen-bond donors (Lipinski definition) is 1. The predicted molar refractivity (Wildman–Crippen MR) is 67.8 cm³/mol. The molecule has 0 radical (unpaired) electrons. The van der Waals surface area contributed by atoms with E-state index in [1.54, 1.807) is 0 Å². The third-order valence-electron chi connectivity index (χ3n) is 3.00. The highest BCUT2D eigenvalue weighted by Gasteiger charge is 2.08. The van der Waals surface area contributed by atoms with Crippen molar-refractivity contribution in [2.45, 2.75) is 26.9 Å². The Morgan fingerprint density at radius 3 is 2.71 bits per heavy atom. The molecule has 1 heterocycles. The summed E-state index contributed by atoms with van der Waals surface area (Å²) in [6.45, 7) is 5.73. The molecule has 4 nitrogen and oxygen atoms in total. The first kappa shape index (κ1) is 11.8. The Hall–Kier alpha value is -1.68. The number of hydrogen-bond acceptors (Lipinski definition) is 3. The van der Waals surface area contributed by atoms with Crippen LogP contribution in [-0.4, -0.2) is 22.0 Å². The van der Waals surface area contributed by atoms with Gasteiger partial charge in [-0.3, -0.25) is 0 Å². The van der Waals surface area contributed by atoms with Crippen molar-refractivity contribution >= 4 is 0 Å². The van der Waals surface area contributed by atoms with Gasteiger partial charge in [0.05, 0.1) is 17.9 Å². The van der Waals surface area contributed by atoms with Gasteiger partial charge in [-0.05, 0) is 32.0 Å². The summed E-state index contributed by atoms with van der Waals surface area (Å²) < 4.78 is 1.95. The largest absolute Gasteiger partial charge is 0.314 e. The van der Waals surface area contributed by atoms with Crippen LogP contribution in [0.2, 0.25) is 0 Å². The second-order valence-corrected chi connectivity index (χ2v) is 4.24. The molecule has 0 saturated heterocycles. The van der Waals surface area contributed by atoms with E-state index in [2.05, 4.69) is 53.7 Å². The lowest BCUT2D eigenvalue weighted by atomic mass is 10.1. The lowest BCUT2D eigenvalue weighted by Crippen LogP contribution is -2.08. The Balaban J connectivity index is 2.22. The lowest BCUT2D eigenvalue weighted by Gasteiger charge is -2.07. The van der Waals surface area contributed by atoms with Crippen LogP contribution in [0, 0.1) is 13.8 Å². The van der Waals surface area contributed by atoms with E-state index in [-0.39, 0.29) is 0 Å². The van der Waals surface area contributed by atoms with Crippen molar-refractivity contribution in [3.63, 3.8) is 0 Å². The van der Waals surface area contributed by atoms with Crippen molar-refractivity contribution in [2.24, 2.45) is 0 Å². The van der Waals surface area contributed by atoms with Crippen LogP contribution in [0.5, 0.6) is 0 Å². The monoisotopic (exact) mass is 230 g/mol. The average molecular weight is 230 g/mol. The van der Waals surface area contributed by atoms with Gasteiger partial charge >= 0.3 is 0 Å². The van der Waals surface area contributed by atoms with Gasteiger partial charge < -0.3 is 5.32 Å². The van der Waals surface area contributed by atoms with Crippen LogP contribution in [0.25, 0.3) is 0 Å². The second-order valence-electron chi connectivity index (χ2n) is 4.24. The number of benzene rings is 1.